The normalized spacial score (nSPS) is 50.3. The van der Waals surface area contributed by atoms with Crippen LogP contribution in [0.5, 0.6) is 0 Å². The van der Waals surface area contributed by atoms with Crippen molar-refractivity contribution in [3.05, 3.63) is 0 Å². The fourth-order valence-electron chi connectivity index (χ4n) is 38.4. The van der Waals surface area contributed by atoms with Crippen LogP contribution in [0.1, 0.15) is 421 Å². The summed E-state index contributed by atoms with van der Waals surface area (Å²) in [4.78, 5) is 23.6. The van der Waals surface area contributed by atoms with E-state index in [-0.39, 0.29) is 0 Å². The minimum atomic E-state index is 0.404. The van der Waals surface area contributed by atoms with Gasteiger partial charge in [0, 0.05) is 22.8 Å². The number of fused-ring (bicyclic) bond motifs is 24. The molecule has 18 aliphatic rings. The average Bonchev–Trinajstić information content (AvgIpc) is 1.31. The summed E-state index contributed by atoms with van der Waals surface area (Å²) in [6.07, 6.45) is 63.7. The van der Waals surface area contributed by atoms with E-state index in [2.05, 4.69) is 138 Å². The zero-order valence-corrected chi connectivity index (χ0v) is 77.4. The highest BCUT2D eigenvalue weighted by Gasteiger charge is 2.68. The minimum absolute atomic E-state index is 0.404. The van der Waals surface area contributed by atoms with Crippen LogP contribution in [0.25, 0.3) is 0 Å². The summed E-state index contributed by atoms with van der Waals surface area (Å²) in [7, 11) is 0. The SMILES string of the molecule is CC(C)CCC[C@@H](C)[C@H]1CC[C@H]2[C@@H]3CC[C@H]4CC5=NC6C[C@@]7(C)[C@@H](CC[C@@H]8[C@@H]7CC[C@]7(C)[C@@H]([C@H](C)CCCC(C)C)CC[C@@H]87)CC6=NC5C[C@]4(C)[C@H]3CC[C@]12C.CC(C)CCC[C@@H](C)[C@H]1CC[C@H]2[C@@H]3CC[C@H]4CC5N=C6C[C@@]7(C)[C@@H](CC[C@@H]8[C@@H]7CC[C@]7(C)[C@@H]([C@H](C)CCCC(C)C)CC[C@@H]87)CC6N=C5C[C@]4(C)[C@H]3CC[C@]12C. The molecule has 0 amide bonds. The Morgan fingerprint density at radius 1 is 0.250 bits per heavy atom. The third-order valence-corrected chi connectivity index (χ3v) is 44.2. The van der Waals surface area contributed by atoms with Gasteiger partial charge >= 0.3 is 0 Å². The van der Waals surface area contributed by atoms with Crippen molar-refractivity contribution in [1.82, 2.24) is 0 Å². The summed E-state index contributed by atoms with van der Waals surface area (Å²) < 4.78 is 0. The third kappa shape index (κ3) is 14.1. The molecule has 4 unspecified atom stereocenters. The highest BCUT2D eigenvalue weighted by molar-refractivity contribution is 6.03. The molecule has 0 radical (unpaired) electrons. The van der Waals surface area contributed by atoms with E-state index in [0.29, 0.717) is 67.5 Å². The minimum Gasteiger partial charge on any atom is -0.282 e. The summed E-state index contributed by atoms with van der Waals surface area (Å²) in [6, 6.07) is 1.63. The largest absolute Gasteiger partial charge is 0.282 e. The van der Waals surface area contributed by atoms with Gasteiger partial charge in [0.1, 0.15) is 0 Å². The lowest BCUT2D eigenvalue weighted by Crippen LogP contribution is -2.58. The molecule has 4 heteroatoms. The number of rotatable bonds is 20. The van der Waals surface area contributed by atoms with Crippen LogP contribution in [0.2, 0.25) is 0 Å². The van der Waals surface area contributed by atoms with E-state index < -0.39 is 0 Å². The van der Waals surface area contributed by atoms with E-state index in [1.165, 1.54) is 283 Å². The first-order valence-corrected chi connectivity index (χ1v) is 51.6. The number of nitrogens with zero attached hydrogens (tertiary/aromatic N) is 4. The molecule has 16 saturated carbocycles. The van der Waals surface area contributed by atoms with Crippen LogP contribution in [-0.4, -0.2) is 47.0 Å². The Hall–Kier alpha value is -1.32. The fourth-order valence-corrected chi connectivity index (χ4v) is 38.4. The molecule has 632 valence electrons. The summed E-state index contributed by atoms with van der Waals surface area (Å²) >= 11 is 0. The third-order valence-electron chi connectivity index (χ3n) is 44.2. The molecule has 0 saturated heterocycles. The molecule has 16 fully saturated rings. The van der Waals surface area contributed by atoms with Crippen LogP contribution < -0.4 is 0 Å². The van der Waals surface area contributed by atoms with E-state index in [9.17, 15) is 0 Å². The monoisotopic (exact) mass is 1530 g/mol. The van der Waals surface area contributed by atoms with Gasteiger partial charge in [-0.3, -0.25) is 20.0 Å². The maximum atomic E-state index is 5.90. The number of hydrogen-bond donors (Lipinski definition) is 0. The highest BCUT2D eigenvalue weighted by atomic mass is 15.0. The van der Waals surface area contributed by atoms with Crippen molar-refractivity contribution >= 4 is 22.8 Å². The Morgan fingerprint density at radius 2 is 0.500 bits per heavy atom. The van der Waals surface area contributed by atoms with Gasteiger partial charge in [-0.2, -0.15) is 0 Å². The lowest BCUT2D eigenvalue weighted by Gasteiger charge is -2.63. The average molecular weight is 1530 g/mol. The molecule has 2 aliphatic heterocycles. The van der Waals surface area contributed by atoms with Gasteiger partial charge in [0.15, 0.2) is 0 Å². The molecule has 0 aromatic heterocycles. The second-order valence-corrected chi connectivity index (χ2v) is 50.9. The first-order valence-electron chi connectivity index (χ1n) is 51.6. The van der Waals surface area contributed by atoms with Crippen LogP contribution in [-0.2, 0) is 0 Å². The molecule has 0 aromatic rings. The van der Waals surface area contributed by atoms with Crippen LogP contribution in [0, 0.1) is 209 Å². The molecular formula is C108H180N4. The molecule has 112 heavy (non-hydrogen) atoms. The van der Waals surface area contributed by atoms with E-state index in [4.69, 9.17) is 20.0 Å². The van der Waals surface area contributed by atoms with Crippen molar-refractivity contribution in [3.63, 3.8) is 0 Å². The van der Waals surface area contributed by atoms with Gasteiger partial charge in [0.05, 0.1) is 24.2 Å². The zero-order chi connectivity index (χ0) is 78.7. The molecule has 0 spiro atoms. The van der Waals surface area contributed by atoms with Gasteiger partial charge in [-0.15, -0.1) is 0 Å². The van der Waals surface area contributed by atoms with Crippen molar-refractivity contribution in [1.29, 1.82) is 0 Å². The topological polar surface area (TPSA) is 49.4 Å². The number of aliphatic imine (C=N–C) groups is 4. The summed E-state index contributed by atoms with van der Waals surface area (Å²) in [6.45, 7) is 52.2. The lowest BCUT2D eigenvalue weighted by molar-refractivity contribution is -0.109. The Morgan fingerprint density at radius 3 is 0.777 bits per heavy atom. The predicted octanol–water partition coefficient (Wildman–Crippen LogP) is 30.2. The van der Waals surface area contributed by atoms with Gasteiger partial charge in [0.25, 0.3) is 0 Å². The highest BCUT2D eigenvalue weighted by Crippen LogP contribution is 2.75. The smallest absolute Gasteiger partial charge is 0.0882 e. The Labute approximate surface area is 692 Å². The van der Waals surface area contributed by atoms with Gasteiger partial charge < -0.3 is 0 Å². The second kappa shape index (κ2) is 31.5. The van der Waals surface area contributed by atoms with Crippen LogP contribution in [0.3, 0.4) is 0 Å². The lowest BCUT2D eigenvalue weighted by atomic mass is 9.43. The van der Waals surface area contributed by atoms with E-state index in [1.54, 1.807) is 22.8 Å². The molecular weight excluding hydrogens is 1350 g/mol. The molecule has 2 heterocycles. The molecule has 36 atom stereocenters. The summed E-state index contributed by atoms with van der Waals surface area (Å²) in [5.41, 5.74) is 10.5. The van der Waals surface area contributed by atoms with E-state index >= 15 is 0 Å². The first kappa shape index (κ1) is 83.0. The van der Waals surface area contributed by atoms with Crippen LogP contribution in [0.15, 0.2) is 20.0 Å². The molecule has 0 aromatic carbocycles. The van der Waals surface area contributed by atoms with Gasteiger partial charge in [-0.1, -0.05) is 216 Å². The van der Waals surface area contributed by atoms with Crippen molar-refractivity contribution in [2.24, 2.45) is 229 Å². The van der Waals surface area contributed by atoms with Crippen LogP contribution in [0.4, 0.5) is 0 Å². The molecule has 4 nitrogen and oxygen atoms in total. The second-order valence-electron chi connectivity index (χ2n) is 50.9. The Balaban J connectivity index is 0.000000163. The molecule has 0 N–H and O–H groups in total. The summed E-state index contributed by atoms with van der Waals surface area (Å²) in [5, 5.41) is 0. The summed E-state index contributed by atoms with van der Waals surface area (Å²) in [5.74, 6) is 25.8. The van der Waals surface area contributed by atoms with Gasteiger partial charge in [0.2, 0.25) is 0 Å². The van der Waals surface area contributed by atoms with E-state index in [0.717, 1.165) is 166 Å². The van der Waals surface area contributed by atoms with Crippen molar-refractivity contribution in [3.8, 4) is 0 Å². The first-order chi connectivity index (χ1) is 53.3. The predicted molar refractivity (Wildman–Crippen MR) is 479 cm³/mol. The zero-order valence-electron chi connectivity index (χ0n) is 77.4. The van der Waals surface area contributed by atoms with Gasteiger partial charge in [-0.05, 0) is 414 Å². The molecule has 18 rings (SSSR count). The molecule has 16 aliphatic carbocycles. The van der Waals surface area contributed by atoms with E-state index in [1.807, 2.05) is 0 Å². The fraction of sp³-hybridized carbons (Fsp3) is 0.963. The quantitative estimate of drug-likeness (QED) is 0.117. The van der Waals surface area contributed by atoms with Crippen molar-refractivity contribution in [2.75, 3.05) is 0 Å². The Bertz CT molecular complexity index is 3200. The number of hydrogen-bond acceptors (Lipinski definition) is 4. The maximum Gasteiger partial charge on any atom is 0.0882 e. The van der Waals surface area contributed by atoms with Crippen LogP contribution >= 0.6 is 0 Å². The van der Waals surface area contributed by atoms with Crippen molar-refractivity contribution < 1.29 is 0 Å². The standard InChI is InChI=1S/2C54H90N2/c2*1-33(2)13-11-15-35(5)41-21-23-43-39-19-17-37-29-47-49(31-53(37,9)45(39)25-27-51(41,43)7)55-48-30-38-18-20-40-44-24-22-42(36(6)16-12-14-34(3)4)52(44,8)28-26-46(40)54(38,10)32-50(48)56-47/h33-46,49-50H,11-32H2,1-10H3;33-48H,11-32H2,1-10H3/t35-,36-,37+,38+,39+,40+,41-,42-,43+,44+,45+,46+,49?,50?,51-,52-,53+,54+;35-,36-,37+,38+,39+,40+,41-,42-,43+,44+,45+,46+,47?,48?,51-,52-,53+,54+/m11/s1. The molecule has 0 bridgehead atoms. The van der Waals surface area contributed by atoms with Gasteiger partial charge in [-0.25, -0.2) is 0 Å². The van der Waals surface area contributed by atoms with Crippen molar-refractivity contribution in [2.45, 2.75) is 445 Å². The maximum absolute atomic E-state index is 5.90. The Kier molecular flexibility index (Phi) is 23.4.